The van der Waals surface area contributed by atoms with Gasteiger partial charge in [0.1, 0.15) is 5.76 Å². The number of rotatable bonds is 8. The Morgan fingerprint density at radius 1 is 1.22 bits per heavy atom. The Hall–Kier alpha value is -2.63. The van der Waals surface area contributed by atoms with E-state index in [1.807, 2.05) is 13.1 Å². The smallest absolute Gasteiger partial charge is 0.319 e. The lowest BCUT2D eigenvalue weighted by molar-refractivity contribution is 0.298. The molecule has 2 atom stereocenters. The Morgan fingerprint density at radius 3 is 2.59 bits per heavy atom. The molecule has 6 nitrogen and oxygen atoms in total. The molecule has 27 heavy (non-hydrogen) atoms. The maximum absolute atomic E-state index is 5.66. The van der Waals surface area contributed by atoms with E-state index in [2.05, 4.69) is 41.4 Å². The highest BCUT2D eigenvalue weighted by molar-refractivity contribution is 5.70. The summed E-state index contributed by atoms with van der Waals surface area (Å²) in [6.45, 7) is 11.2. The summed E-state index contributed by atoms with van der Waals surface area (Å²) in [4.78, 5) is 13.1. The predicted molar refractivity (Wildman–Crippen MR) is 105 cm³/mol. The standard InChI is InChI=1S/C21H27N3O3/c1-7-27-13(4)17-10-22-19(9-16(17)15-8-14(15)12(2)3)18-11-23-21(26-6)24-20(18)25-5/h9-12,14-15H,4,7-8H2,1-3,5-6H3/t14-,15+/m1/s1. The Bertz CT molecular complexity index is 835. The highest BCUT2D eigenvalue weighted by atomic mass is 16.5. The Labute approximate surface area is 160 Å². The van der Waals surface area contributed by atoms with E-state index >= 15 is 0 Å². The molecule has 0 unspecified atom stereocenters. The van der Waals surface area contributed by atoms with Crippen LogP contribution in [0.15, 0.2) is 25.0 Å². The maximum Gasteiger partial charge on any atom is 0.319 e. The fourth-order valence-corrected chi connectivity index (χ4v) is 3.50. The van der Waals surface area contributed by atoms with E-state index in [1.165, 1.54) is 19.1 Å². The third-order valence-electron chi connectivity index (χ3n) is 5.03. The molecule has 0 amide bonds. The summed E-state index contributed by atoms with van der Waals surface area (Å²) >= 11 is 0. The van der Waals surface area contributed by atoms with Crippen molar-refractivity contribution in [3.63, 3.8) is 0 Å². The molecule has 6 heteroatoms. The van der Waals surface area contributed by atoms with E-state index < -0.39 is 0 Å². The molecule has 2 heterocycles. The molecule has 0 bridgehead atoms. The number of methoxy groups -OCH3 is 2. The van der Waals surface area contributed by atoms with Crippen molar-refractivity contribution in [2.45, 2.75) is 33.1 Å². The minimum absolute atomic E-state index is 0.263. The summed E-state index contributed by atoms with van der Waals surface area (Å²) < 4.78 is 16.2. The zero-order valence-electron chi connectivity index (χ0n) is 16.7. The van der Waals surface area contributed by atoms with Gasteiger partial charge in [0.25, 0.3) is 0 Å². The predicted octanol–water partition coefficient (Wildman–Crippen LogP) is 4.32. The molecular weight excluding hydrogens is 342 g/mol. The van der Waals surface area contributed by atoms with Crippen LogP contribution in [0, 0.1) is 11.8 Å². The van der Waals surface area contributed by atoms with Crippen LogP contribution in [0.4, 0.5) is 0 Å². The molecule has 1 fully saturated rings. The third-order valence-corrected chi connectivity index (χ3v) is 5.03. The molecule has 0 spiro atoms. The monoisotopic (exact) mass is 369 g/mol. The lowest BCUT2D eigenvalue weighted by Gasteiger charge is -2.15. The van der Waals surface area contributed by atoms with Crippen molar-refractivity contribution in [3.8, 4) is 23.1 Å². The second-order valence-electron chi connectivity index (χ2n) is 7.04. The van der Waals surface area contributed by atoms with Crippen molar-refractivity contribution >= 4 is 5.76 Å². The summed E-state index contributed by atoms with van der Waals surface area (Å²) in [5.41, 5.74) is 3.69. The molecule has 144 valence electrons. The van der Waals surface area contributed by atoms with Gasteiger partial charge in [-0.25, -0.2) is 4.98 Å². The lowest BCUT2D eigenvalue weighted by atomic mass is 9.97. The Morgan fingerprint density at radius 2 is 2.00 bits per heavy atom. The van der Waals surface area contributed by atoms with Crippen LogP contribution in [0.1, 0.15) is 44.2 Å². The molecule has 0 saturated heterocycles. The van der Waals surface area contributed by atoms with Gasteiger partial charge in [0, 0.05) is 18.0 Å². The fourth-order valence-electron chi connectivity index (χ4n) is 3.50. The molecule has 3 rings (SSSR count). The highest BCUT2D eigenvalue weighted by Crippen LogP contribution is 2.53. The van der Waals surface area contributed by atoms with Gasteiger partial charge in [-0.2, -0.15) is 4.98 Å². The first kappa shape index (κ1) is 19.1. The van der Waals surface area contributed by atoms with Gasteiger partial charge in [-0.15, -0.1) is 0 Å². The first-order chi connectivity index (χ1) is 13.0. The van der Waals surface area contributed by atoms with Crippen molar-refractivity contribution in [2.75, 3.05) is 20.8 Å². The number of hydrogen-bond donors (Lipinski definition) is 0. The van der Waals surface area contributed by atoms with E-state index in [1.54, 1.807) is 13.3 Å². The summed E-state index contributed by atoms with van der Waals surface area (Å²) in [5, 5.41) is 0. The summed E-state index contributed by atoms with van der Waals surface area (Å²) in [6, 6.07) is 2.36. The third kappa shape index (κ3) is 3.89. The van der Waals surface area contributed by atoms with E-state index in [0.717, 1.165) is 16.8 Å². The van der Waals surface area contributed by atoms with Gasteiger partial charge in [-0.1, -0.05) is 20.4 Å². The zero-order chi connectivity index (χ0) is 19.6. The number of ether oxygens (including phenoxy) is 3. The van der Waals surface area contributed by atoms with Crippen LogP contribution in [0.3, 0.4) is 0 Å². The quantitative estimate of drug-likeness (QED) is 0.646. The maximum atomic E-state index is 5.66. The molecule has 1 aliphatic rings. The van der Waals surface area contributed by atoms with Crippen LogP contribution in [0.5, 0.6) is 11.9 Å². The van der Waals surface area contributed by atoms with Crippen LogP contribution in [0.25, 0.3) is 17.0 Å². The van der Waals surface area contributed by atoms with Crippen molar-refractivity contribution in [1.82, 2.24) is 15.0 Å². The molecule has 1 aliphatic carbocycles. The fraction of sp³-hybridized carbons (Fsp3) is 0.476. The molecule has 0 N–H and O–H groups in total. The molecule has 2 aromatic heterocycles. The van der Waals surface area contributed by atoms with Crippen LogP contribution in [-0.4, -0.2) is 35.8 Å². The molecule has 1 saturated carbocycles. The first-order valence-corrected chi connectivity index (χ1v) is 9.27. The van der Waals surface area contributed by atoms with Crippen molar-refractivity contribution in [3.05, 3.63) is 36.2 Å². The van der Waals surface area contributed by atoms with Gasteiger partial charge in [0.15, 0.2) is 0 Å². The van der Waals surface area contributed by atoms with Gasteiger partial charge in [0.05, 0.1) is 32.1 Å². The number of hydrogen-bond acceptors (Lipinski definition) is 6. The Balaban J connectivity index is 2.05. The van der Waals surface area contributed by atoms with Crippen molar-refractivity contribution < 1.29 is 14.2 Å². The van der Waals surface area contributed by atoms with Gasteiger partial charge in [-0.05, 0) is 42.7 Å². The van der Waals surface area contributed by atoms with Gasteiger partial charge in [0.2, 0.25) is 5.88 Å². The second-order valence-corrected chi connectivity index (χ2v) is 7.04. The topological polar surface area (TPSA) is 66.4 Å². The summed E-state index contributed by atoms with van der Waals surface area (Å²) in [6.07, 6.45) is 4.69. The molecular formula is C21H27N3O3. The van der Waals surface area contributed by atoms with Crippen LogP contribution in [0.2, 0.25) is 0 Å². The van der Waals surface area contributed by atoms with Crippen LogP contribution >= 0.6 is 0 Å². The normalized spacial score (nSPS) is 18.3. The molecule has 0 aromatic carbocycles. The van der Waals surface area contributed by atoms with E-state index in [4.69, 9.17) is 14.2 Å². The van der Waals surface area contributed by atoms with Gasteiger partial charge < -0.3 is 14.2 Å². The minimum Gasteiger partial charge on any atom is -0.494 e. The van der Waals surface area contributed by atoms with Gasteiger partial charge in [-0.3, -0.25) is 4.98 Å². The highest BCUT2D eigenvalue weighted by Gasteiger charge is 2.42. The molecule has 2 aromatic rings. The molecule has 0 radical (unpaired) electrons. The Kier molecular flexibility index (Phi) is 5.63. The van der Waals surface area contributed by atoms with E-state index in [0.29, 0.717) is 36.0 Å². The van der Waals surface area contributed by atoms with Crippen LogP contribution in [-0.2, 0) is 4.74 Å². The largest absolute Gasteiger partial charge is 0.494 e. The van der Waals surface area contributed by atoms with E-state index in [-0.39, 0.29) is 6.01 Å². The zero-order valence-corrected chi connectivity index (χ0v) is 16.7. The second kappa shape index (κ2) is 7.94. The van der Waals surface area contributed by atoms with Crippen molar-refractivity contribution in [1.29, 1.82) is 0 Å². The number of aromatic nitrogens is 3. The average Bonchev–Trinajstić information content (AvgIpc) is 3.48. The summed E-state index contributed by atoms with van der Waals surface area (Å²) in [7, 11) is 3.10. The summed E-state index contributed by atoms with van der Waals surface area (Å²) in [5.74, 6) is 2.90. The number of pyridine rings is 1. The SMILES string of the molecule is C=C(OCC)c1cnc(-c2cnc(OC)nc2OC)cc1[C@H]1C[C@@H]1C(C)C. The van der Waals surface area contributed by atoms with E-state index in [9.17, 15) is 0 Å². The number of nitrogens with zero attached hydrogens (tertiary/aromatic N) is 3. The van der Waals surface area contributed by atoms with Gasteiger partial charge >= 0.3 is 6.01 Å². The van der Waals surface area contributed by atoms with Crippen molar-refractivity contribution in [2.24, 2.45) is 11.8 Å². The minimum atomic E-state index is 0.263. The average molecular weight is 369 g/mol. The first-order valence-electron chi connectivity index (χ1n) is 9.27. The van der Waals surface area contributed by atoms with Crippen LogP contribution < -0.4 is 9.47 Å². The lowest BCUT2D eigenvalue weighted by Crippen LogP contribution is -2.02. The molecule has 0 aliphatic heterocycles.